The van der Waals surface area contributed by atoms with Crippen molar-refractivity contribution < 1.29 is 9.18 Å². The van der Waals surface area contributed by atoms with E-state index in [-0.39, 0.29) is 30.2 Å². The smallest absolute Gasteiger partial charge is 0.238 e. The summed E-state index contributed by atoms with van der Waals surface area (Å²) in [7, 11) is 0. The Labute approximate surface area is 116 Å². The molecule has 1 unspecified atom stereocenters. The minimum atomic E-state index is -0.232. The fourth-order valence-corrected chi connectivity index (χ4v) is 2.61. The van der Waals surface area contributed by atoms with E-state index in [0.717, 1.165) is 23.6 Å². The molecule has 0 spiro atoms. The Morgan fingerprint density at radius 3 is 2.78 bits per heavy atom. The van der Waals surface area contributed by atoms with Crippen LogP contribution in [-0.2, 0) is 11.2 Å². The third-order valence-corrected chi connectivity index (χ3v) is 3.60. The Morgan fingerprint density at radius 2 is 2.17 bits per heavy atom. The van der Waals surface area contributed by atoms with Gasteiger partial charge < -0.3 is 5.32 Å². The van der Waals surface area contributed by atoms with Crippen molar-refractivity contribution in [3.05, 3.63) is 35.6 Å². The molecule has 3 nitrogen and oxygen atoms in total. The molecule has 2 N–H and O–H groups in total. The van der Waals surface area contributed by atoms with Crippen molar-refractivity contribution in [3.63, 3.8) is 0 Å². The molecule has 1 aliphatic rings. The monoisotopic (exact) mass is 290 g/mol. The molecule has 1 aliphatic heterocycles. The lowest BCUT2D eigenvalue weighted by atomic mass is 10.1. The van der Waals surface area contributed by atoms with Crippen LogP contribution in [0.4, 0.5) is 4.39 Å². The van der Waals surface area contributed by atoms with Gasteiger partial charge in [-0.15, -0.1) is 24.2 Å². The third-order valence-electron chi connectivity index (χ3n) is 2.66. The van der Waals surface area contributed by atoms with Gasteiger partial charge in [0.25, 0.3) is 0 Å². The number of amides is 1. The molecular weight excluding hydrogens is 275 g/mol. The van der Waals surface area contributed by atoms with Crippen molar-refractivity contribution in [1.82, 2.24) is 10.6 Å². The number of hydrogen-bond donors (Lipinski definition) is 2. The van der Waals surface area contributed by atoms with E-state index in [1.165, 1.54) is 12.1 Å². The topological polar surface area (TPSA) is 41.1 Å². The lowest BCUT2D eigenvalue weighted by molar-refractivity contribution is -0.122. The predicted molar refractivity (Wildman–Crippen MR) is 74.6 cm³/mol. The van der Waals surface area contributed by atoms with Gasteiger partial charge in [-0.1, -0.05) is 12.1 Å². The summed E-state index contributed by atoms with van der Waals surface area (Å²) in [5, 5.41) is 5.99. The Balaban J connectivity index is 0.00000162. The first kappa shape index (κ1) is 15.3. The van der Waals surface area contributed by atoms with Crippen molar-refractivity contribution in [2.45, 2.75) is 12.5 Å². The van der Waals surface area contributed by atoms with Crippen LogP contribution in [0.15, 0.2) is 24.3 Å². The van der Waals surface area contributed by atoms with E-state index in [2.05, 4.69) is 10.6 Å². The molecule has 1 atom stereocenters. The van der Waals surface area contributed by atoms with Crippen LogP contribution in [0.1, 0.15) is 5.56 Å². The van der Waals surface area contributed by atoms with Gasteiger partial charge in [0.15, 0.2) is 0 Å². The Morgan fingerprint density at radius 1 is 1.44 bits per heavy atom. The maximum absolute atomic E-state index is 12.7. The molecule has 1 saturated heterocycles. The number of halogens is 2. The zero-order valence-corrected chi connectivity index (χ0v) is 11.5. The van der Waals surface area contributed by atoms with E-state index in [0.29, 0.717) is 6.54 Å². The summed E-state index contributed by atoms with van der Waals surface area (Å²) >= 11 is 1.73. The summed E-state index contributed by atoms with van der Waals surface area (Å²) in [6.07, 6.45) is 0.728. The second kappa shape index (κ2) is 7.61. The van der Waals surface area contributed by atoms with Gasteiger partial charge in [0.1, 0.15) is 5.82 Å². The normalized spacial score (nSPS) is 18.2. The van der Waals surface area contributed by atoms with Crippen molar-refractivity contribution in [2.75, 3.05) is 18.2 Å². The summed E-state index contributed by atoms with van der Waals surface area (Å²) in [4.78, 5) is 11.6. The van der Waals surface area contributed by atoms with Gasteiger partial charge in [0.05, 0.1) is 6.04 Å². The summed E-state index contributed by atoms with van der Waals surface area (Å²) < 4.78 is 12.7. The average molecular weight is 291 g/mol. The van der Waals surface area contributed by atoms with Crippen LogP contribution in [0.25, 0.3) is 0 Å². The van der Waals surface area contributed by atoms with Crippen molar-refractivity contribution >= 4 is 30.1 Å². The van der Waals surface area contributed by atoms with Crippen LogP contribution in [0.3, 0.4) is 0 Å². The van der Waals surface area contributed by atoms with Gasteiger partial charge >= 0.3 is 0 Å². The Hall–Kier alpha value is -0.780. The Bertz CT molecular complexity index is 382. The van der Waals surface area contributed by atoms with E-state index in [9.17, 15) is 9.18 Å². The summed E-state index contributed by atoms with van der Waals surface area (Å²) in [5.41, 5.74) is 1.03. The highest BCUT2D eigenvalue weighted by Crippen LogP contribution is 2.09. The molecule has 1 aromatic rings. The molecule has 0 radical (unpaired) electrons. The molecule has 0 bridgehead atoms. The number of thioether (sulfide) groups is 1. The SMILES string of the molecule is Cl.O=C(NCCc1ccc(F)cc1)C1CSCN1. The molecule has 6 heteroatoms. The minimum absolute atomic E-state index is 0. The molecule has 1 amide bonds. The number of carbonyl (C=O) groups excluding carboxylic acids is 1. The van der Waals surface area contributed by atoms with Crippen molar-refractivity contribution in [1.29, 1.82) is 0 Å². The number of nitrogens with one attached hydrogen (secondary N) is 2. The zero-order chi connectivity index (χ0) is 12.1. The van der Waals surface area contributed by atoms with Crippen LogP contribution in [0.5, 0.6) is 0 Å². The van der Waals surface area contributed by atoms with Crippen LogP contribution >= 0.6 is 24.2 Å². The predicted octanol–water partition coefficient (Wildman–Crippen LogP) is 1.57. The minimum Gasteiger partial charge on any atom is -0.354 e. The van der Waals surface area contributed by atoms with Crippen LogP contribution in [-0.4, -0.2) is 30.1 Å². The summed E-state index contributed by atoms with van der Waals surface area (Å²) in [6.45, 7) is 0.591. The number of hydrogen-bond acceptors (Lipinski definition) is 3. The number of rotatable bonds is 4. The van der Waals surface area contributed by atoms with E-state index in [1.807, 2.05) is 0 Å². The highest BCUT2D eigenvalue weighted by atomic mass is 35.5. The van der Waals surface area contributed by atoms with Crippen LogP contribution < -0.4 is 10.6 Å². The summed E-state index contributed by atoms with van der Waals surface area (Å²) in [5.74, 6) is 1.50. The van der Waals surface area contributed by atoms with Gasteiger partial charge in [-0.3, -0.25) is 10.1 Å². The first-order chi connectivity index (χ1) is 8.25. The van der Waals surface area contributed by atoms with Gasteiger partial charge in [-0.2, -0.15) is 0 Å². The Kier molecular flexibility index (Phi) is 6.46. The second-order valence-corrected chi connectivity index (χ2v) is 4.97. The first-order valence-corrected chi connectivity index (χ1v) is 6.74. The molecule has 100 valence electrons. The molecule has 1 fully saturated rings. The van der Waals surface area contributed by atoms with Gasteiger partial charge in [0, 0.05) is 18.2 Å². The number of benzene rings is 1. The lowest BCUT2D eigenvalue weighted by Gasteiger charge is -2.10. The summed E-state index contributed by atoms with van der Waals surface area (Å²) in [6, 6.07) is 6.29. The molecule has 0 aromatic heterocycles. The molecule has 1 heterocycles. The molecule has 0 saturated carbocycles. The highest BCUT2D eigenvalue weighted by molar-refractivity contribution is 7.99. The van der Waals surface area contributed by atoms with Crippen LogP contribution in [0.2, 0.25) is 0 Å². The van der Waals surface area contributed by atoms with E-state index >= 15 is 0 Å². The van der Waals surface area contributed by atoms with E-state index in [1.54, 1.807) is 23.9 Å². The molecular formula is C12H16ClFN2OS. The van der Waals surface area contributed by atoms with E-state index < -0.39 is 0 Å². The zero-order valence-electron chi connectivity index (χ0n) is 9.82. The van der Waals surface area contributed by atoms with Gasteiger partial charge in [-0.05, 0) is 24.1 Å². The van der Waals surface area contributed by atoms with Crippen LogP contribution in [0, 0.1) is 5.82 Å². The maximum atomic E-state index is 12.7. The quantitative estimate of drug-likeness (QED) is 0.884. The highest BCUT2D eigenvalue weighted by Gasteiger charge is 2.21. The largest absolute Gasteiger partial charge is 0.354 e. The van der Waals surface area contributed by atoms with Crippen molar-refractivity contribution in [2.24, 2.45) is 0 Å². The standard InChI is InChI=1S/C12H15FN2OS.ClH/c13-10-3-1-9(2-4-10)5-6-14-12(16)11-7-17-8-15-11;/h1-4,11,15H,5-8H2,(H,14,16);1H. The fourth-order valence-electron chi connectivity index (χ4n) is 1.67. The molecule has 18 heavy (non-hydrogen) atoms. The molecule has 0 aliphatic carbocycles. The molecule has 2 rings (SSSR count). The van der Waals surface area contributed by atoms with Crippen molar-refractivity contribution in [3.8, 4) is 0 Å². The average Bonchev–Trinajstić information content (AvgIpc) is 2.85. The van der Waals surface area contributed by atoms with Gasteiger partial charge in [-0.25, -0.2) is 4.39 Å². The maximum Gasteiger partial charge on any atom is 0.238 e. The molecule has 1 aromatic carbocycles. The van der Waals surface area contributed by atoms with E-state index in [4.69, 9.17) is 0 Å². The second-order valence-electron chi connectivity index (χ2n) is 3.94. The number of carbonyl (C=O) groups is 1. The first-order valence-electron chi connectivity index (χ1n) is 5.59. The fraction of sp³-hybridized carbons (Fsp3) is 0.417. The lowest BCUT2D eigenvalue weighted by Crippen LogP contribution is -2.42. The third kappa shape index (κ3) is 4.48. The van der Waals surface area contributed by atoms with Gasteiger partial charge in [0.2, 0.25) is 5.91 Å².